The zero-order valence-corrected chi connectivity index (χ0v) is 10.5. The predicted octanol–water partition coefficient (Wildman–Crippen LogP) is 2.51. The third kappa shape index (κ3) is 5.78. The highest BCUT2D eigenvalue weighted by Crippen LogP contribution is 2.19. The van der Waals surface area contributed by atoms with Crippen molar-refractivity contribution < 1.29 is 9.90 Å². The quantitative estimate of drug-likeness (QED) is 0.612. The van der Waals surface area contributed by atoms with E-state index in [-0.39, 0.29) is 0 Å². The fraction of sp³-hybridized carbons (Fsp3) is 0.917. The minimum Gasteiger partial charge on any atom is -0.481 e. The lowest BCUT2D eigenvalue weighted by Gasteiger charge is -2.20. The van der Waals surface area contributed by atoms with Gasteiger partial charge in [-0.05, 0) is 39.3 Å². The topological polar surface area (TPSA) is 49.3 Å². The van der Waals surface area contributed by atoms with E-state index in [0.29, 0.717) is 6.42 Å². The Bertz CT molecular complexity index is 186. The molecule has 15 heavy (non-hydrogen) atoms. The first-order chi connectivity index (χ1) is 6.94. The molecule has 0 aromatic carbocycles. The fourth-order valence-electron chi connectivity index (χ4n) is 1.39. The summed E-state index contributed by atoms with van der Waals surface area (Å²) in [7, 11) is 0. The van der Waals surface area contributed by atoms with Crippen LogP contribution in [0.2, 0.25) is 0 Å². The second-order valence-electron chi connectivity index (χ2n) is 4.83. The number of rotatable bonds is 8. The van der Waals surface area contributed by atoms with Gasteiger partial charge in [0.2, 0.25) is 0 Å². The number of aliphatic carboxylic acids is 1. The number of nitrogens with one attached hydrogen (secondary N) is 1. The largest absolute Gasteiger partial charge is 0.481 e. The lowest BCUT2D eigenvalue weighted by atomic mass is 9.89. The third-order valence-corrected chi connectivity index (χ3v) is 3.09. The minimum absolute atomic E-state index is 0.610. The Balaban J connectivity index is 3.66. The first kappa shape index (κ1) is 14.4. The first-order valence-corrected chi connectivity index (χ1v) is 5.88. The van der Waals surface area contributed by atoms with Crippen LogP contribution in [0, 0.1) is 11.3 Å². The van der Waals surface area contributed by atoms with E-state index in [1.54, 1.807) is 13.8 Å². The molecule has 90 valence electrons. The molecular weight excluding hydrogens is 190 g/mol. The van der Waals surface area contributed by atoms with Gasteiger partial charge in [-0.15, -0.1) is 0 Å². The Morgan fingerprint density at radius 3 is 2.27 bits per heavy atom. The molecule has 0 aromatic rings. The summed E-state index contributed by atoms with van der Waals surface area (Å²) in [5.74, 6) is 0.00442. The van der Waals surface area contributed by atoms with Crippen LogP contribution in [-0.4, -0.2) is 24.2 Å². The van der Waals surface area contributed by atoms with Gasteiger partial charge in [0.25, 0.3) is 0 Å². The van der Waals surface area contributed by atoms with Crippen LogP contribution in [0.3, 0.4) is 0 Å². The lowest BCUT2D eigenvalue weighted by Crippen LogP contribution is -2.31. The molecule has 0 rings (SSSR count). The van der Waals surface area contributed by atoms with E-state index < -0.39 is 11.4 Å². The second kappa shape index (κ2) is 6.83. The van der Waals surface area contributed by atoms with Crippen molar-refractivity contribution in [1.29, 1.82) is 0 Å². The molecule has 0 fully saturated rings. The first-order valence-electron chi connectivity index (χ1n) is 5.88. The maximum absolute atomic E-state index is 10.8. The van der Waals surface area contributed by atoms with E-state index in [0.717, 1.165) is 19.0 Å². The van der Waals surface area contributed by atoms with Crippen LogP contribution in [-0.2, 0) is 4.79 Å². The Labute approximate surface area is 93.3 Å². The van der Waals surface area contributed by atoms with Crippen molar-refractivity contribution in [2.75, 3.05) is 13.1 Å². The normalized spacial score (nSPS) is 12.1. The summed E-state index contributed by atoms with van der Waals surface area (Å²) < 4.78 is 0. The Hall–Kier alpha value is -0.570. The smallest absolute Gasteiger partial charge is 0.309 e. The molecule has 0 radical (unpaired) electrons. The summed E-state index contributed by atoms with van der Waals surface area (Å²) in [6, 6.07) is 0. The van der Waals surface area contributed by atoms with Gasteiger partial charge in [-0.2, -0.15) is 0 Å². The minimum atomic E-state index is -0.716. The second-order valence-corrected chi connectivity index (χ2v) is 4.83. The number of carboxylic acid groups (broad SMARTS) is 1. The lowest BCUT2D eigenvalue weighted by molar-refractivity contribution is -0.147. The van der Waals surface area contributed by atoms with E-state index in [4.69, 9.17) is 5.11 Å². The highest BCUT2D eigenvalue weighted by molar-refractivity contribution is 5.73. The van der Waals surface area contributed by atoms with Gasteiger partial charge < -0.3 is 10.4 Å². The average Bonchev–Trinajstić information content (AvgIpc) is 2.18. The van der Waals surface area contributed by atoms with Gasteiger partial charge in [0.15, 0.2) is 0 Å². The molecule has 0 saturated carbocycles. The molecule has 0 aliphatic rings. The zero-order chi connectivity index (χ0) is 11.9. The SMILES string of the molecule is CCC(CC)CNCCC(C)(C)C(=O)O. The summed E-state index contributed by atoms with van der Waals surface area (Å²) in [5, 5.41) is 12.2. The number of hydrogen-bond acceptors (Lipinski definition) is 2. The molecular formula is C12H25NO2. The molecule has 3 heteroatoms. The molecule has 3 nitrogen and oxygen atoms in total. The van der Waals surface area contributed by atoms with Crippen molar-refractivity contribution >= 4 is 5.97 Å². The molecule has 0 aliphatic heterocycles. The summed E-state index contributed by atoms with van der Waals surface area (Å²) in [5.41, 5.74) is -0.610. The maximum atomic E-state index is 10.8. The van der Waals surface area contributed by atoms with Gasteiger partial charge in [0.1, 0.15) is 0 Å². The highest BCUT2D eigenvalue weighted by Gasteiger charge is 2.26. The molecule has 0 atom stereocenters. The molecule has 0 aliphatic carbocycles. The van der Waals surface area contributed by atoms with Crippen LogP contribution < -0.4 is 5.32 Å². The van der Waals surface area contributed by atoms with Gasteiger partial charge in [0.05, 0.1) is 5.41 Å². The summed E-state index contributed by atoms with van der Waals surface area (Å²) >= 11 is 0. The van der Waals surface area contributed by atoms with Crippen molar-refractivity contribution in [3.63, 3.8) is 0 Å². The standard InChI is InChI=1S/C12H25NO2/c1-5-10(6-2)9-13-8-7-12(3,4)11(14)15/h10,13H,5-9H2,1-4H3,(H,14,15). The van der Waals surface area contributed by atoms with Gasteiger partial charge in [-0.1, -0.05) is 26.7 Å². The van der Waals surface area contributed by atoms with E-state index in [1.165, 1.54) is 12.8 Å². The van der Waals surface area contributed by atoms with Crippen molar-refractivity contribution in [2.24, 2.45) is 11.3 Å². The van der Waals surface area contributed by atoms with Crippen LogP contribution in [0.1, 0.15) is 47.0 Å². The molecule has 0 amide bonds. The number of hydrogen-bond donors (Lipinski definition) is 2. The Morgan fingerprint density at radius 2 is 1.87 bits per heavy atom. The van der Waals surface area contributed by atoms with E-state index in [2.05, 4.69) is 19.2 Å². The van der Waals surface area contributed by atoms with Crippen LogP contribution in [0.5, 0.6) is 0 Å². The molecule has 0 bridgehead atoms. The van der Waals surface area contributed by atoms with E-state index in [9.17, 15) is 4.79 Å². The predicted molar refractivity (Wildman–Crippen MR) is 63.0 cm³/mol. The van der Waals surface area contributed by atoms with Crippen molar-refractivity contribution in [3.05, 3.63) is 0 Å². The van der Waals surface area contributed by atoms with Crippen molar-refractivity contribution in [2.45, 2.75) is 47.0 Å². The van der Waals surface area contributed by atoms with E-state index in [1.807, 2.05) is 0 Å². The molecule has 0 spiro atoms. The highest BCUT2D eigenvalue weighted by atomic mass is 16.4. The van der Waals surface area contributed by atoms with Crippen LogP contribution >= 0.6 is 0 Å². The zero-order valence-electron chi connectivity index (χ0n) is 10.5. The monoisotopic (exact) mass is 215 g/mol. The fourth-order valence-corrected chi connectivity index (χ4v) is 1.39. The Morgan fingerprint density at radius 1 is 1.33 bits per heavy atom. The van der Waals surface area contributed by atoms with Crippen LogP contribution in [0.4, 0.5) is 0 Å². The molecule has 0 heterocycles. The Kier molecular flexibility index (Phi) is 6.57. The maximum Gasteiger partial charge on any atom is 0.309 e. The van der Waals surface area contributed by atoms with Crippen molar-refractivity contribution in [3.8, 4) is 0 Å². The van der Waals surface area contributed by atoms with Crippen LogP contribution in [0.15, 0.2) is 0 Å². The molecule has 0 saturated heterocycles. The molecule has 0 unspecified atom stereocenters. The molecule has 0 aromatic heterocycles. The summed E-state index contributed by atoms with van der Waals surface area (Å²) in [6.45, 7) is 9.72. The summed E-state index contributed by atoms with van der Waals surface area (Å²) in [4.78, 5) is 10.8. The van der Waals surface area contributed by atoms with Crippen LogP contribution in [0.25, 0.3) is 0 Å². The number of carboxylic acids is 1. The van der Waals surface area contributed by atoms with Gasteiger partial charge in [-0.25, -0.2) is 0 Å². The number of carbonyl (C=O) groups is 1. The molecule has 2 N–H and O–H groups in total. The van der Waals surface area contributed by atoms with E-state index >= 15 is 0 Å². The van der Waals surface area contributed by atoms with Crippen molar-refractivity contribution in [1.82, 2.24) is 5.32 Å². The third-order valence-electron chi connectivity index (χ3n) is 3.09. The van der Waals surface area contributed by atoms with Gasteiger partial charge >= 0.3 is 5.97 Å². The van der Waals surface area contributed by atoms with Gasteiger partial charge in [-0.3, -0.25) is 4.79 Å². The van der Waals surface area contributed by atoms with Gasteiger partial charge in [0, 0.05) is 0 Å². The summed E-state index contributed by atoms with van der Waals surface area (Å²) in [6.07, 6.45) is 3.06. The average molecular weight is 215 g/mol.